The fraction of sp³-hybridized carbons (Fsp3) is 0.529. The largest absolute Gasteiger partial charge is 0.380 e. The lowest BCUT2D eigenvalue weighted by atomic mass is 10.2. The summed E-state index contributed by atoms with van der Waals surface area (Å²) in [5.41, 5.74) is 2.35. The van der Waals surface area contributed by atoms with E-state index in [1.807, 2.05) is 7.05 Å². The van der Waals surface area contributed by atoms with Gasteiger partial charge in [-0.2, -0.15) is 0 Å². The van der Waals surface area contributed by atoms with Gasteiger partial charge in [0.15, 0.2) is 11.0 Å². The van der Waals surface area contributed by atoms with E-state index >= 15 is 0 Å². The van der Waals surface area contributed by atoms with Gasteiger partial charge in [0.05, 0.1) is 6.61 Å². The molecule has 0 radical (unpaired) electrons. The maximum absolute atomic E-state index is 5.43. The molecule has 1 aliphatic heterocycles. The lowest BCUT2D eigenvalue weighted by Crippen LogP contribution is -2.21. The Morgan fingerprint density at radius 3 is 2.57 bits per heavy atom. The summed E-state index contributed by atoms with van der Waals surface area (Å²) in [7, 11) is 2.03. The van der Waals surface area contributed by atoms with Crippen molar-refractivity contribution < 1.29 is 4.74 Å². The summed E-state index contributed by atoms with van der Waals surface area (Å²) in [6, 6.07) is 8.58. The van der Waals surface area contributed by atoms with Crippen molar-refractivity contribution >= 4 is 17.4 Å². The first kappa shape index (κ1) is 16.3. The highest BCUT2D eigenvalue weighted by atomic mass is 32.2. The zero-order valence-electron chi connectivity index (χ0n) is 14.0. The quantitative estimate of drug-likeness (QED) is 0.813. The van der Waals surface area contributed by atoms with Crippen LogP contribution in [-0.4, -0.2) is 46.3 Å². The highest BCUT2D eigenvalue weighted by molar-refractivity contribution is 7.99. The highest BCUT2D eigenvalue weighted by Gasteiger charge is 2.20. The second-order valence-electron chi connectivity index (χ2n) is 5.69. The van der Waals surface area contributed by atoms with Crippen LogP contribution in [0.15, 0.2) is 29.4 Å². The van der Waals surface area contributed by atoms with Crippen molar-refractivity contribution in [1.82, 2.24) is 14.8 Å². The average molecular weight is 332 g/mol. The van der Waals surface area contributed by atoms with Crippen molar-refractivity contribution in [2.75, 3.05) is 31.2 Å². The van der Waals surface area contributed by atoms with Gasteiger partial charge in [0, 0.05) is 43.2 Å². The van der Waals surface area contributed by atoms with Crippen LogP contribution in [0.25, 0.3) is 11.4 Å². The van der Waals surface area contributed by atoms with Crippen LogP contribution >= 0.6 is 11.8 Å². The fourth-order valence-electron chi connectivity index (χ4n) is 2.83. The molecule has 124 valence electrons. The van der Waals surface area contributed by atoms with E-state index in [9.17, 15) is 0 Å². The van der Waals surface area contributed by atoms with Gasteiger partial charge in [0.25, 0.3) is 0 Å². The number of benzene rings is 1. The first-order valence-corrected chi connectivity index (χ1v) is 9.10. The molecule has 1 saturated heterocycles. The molecule has 1 aromatic carbocycles. The third-order valence-electron chi connectivity index (χ3n) is 4.25. The van der Waals surface area contributed by atoms with Crippen LogP contribution in [0.3, 0.4) is 0 Å². The van der Waals surface area contributed by atoms with E-state index in [-0.39, 0.29) is 0 Å². The molecule has 0 spiro atoms. The van der Waals surface area contributed by atoms with E-state index in [4.69, 9.17) is 4.74 Å². The summed E-state index contributed by atoms with van der Waals surface area (Å²) >= 11 is 1.76. The predicted octanol–water partition coefficient (Wildman–Crippen LogP) is 3.21. The van der Waals surface area contributed by atoms with Crippen molar-refractivity contribution in [3.63, 3.8) is 0 Å². The molecule has 0 aliphatic carbocycles. The van der Waals surface area contributed by atoms with E-state index in [0.717, 1.165) is 49.3 Å². The molecule has 1 atom stereocenters. The Morgan fingerprint density at radius 2 is 1.96 bits per heavy atom. The molecular formula is C17H24N4OS. The lowest BCUT2D eigenvalue weighted by Gasteiger charge is -2.21. The van der Waals surface area contributed by atoms with Crippen LogP contribution < -0.4 is 4.90 Å². The Morgan fingerprint density at radius 1 is 1.22 bits per heavy atom. The minimum atomic E-state index is 0.496. The zero-order valence-corrected chi connectivity index (χ0v) is 14.8. The number of anilines is 1. The summed E-state index contributed by atoms with van der Waals surface area (Å²) in [6.45, 7) is 8.06. The number of thioether (sulfide) groups is 1. The minimum Gasteiger partial charge on any atom is -0.380 e. The smallest absolute Gasteiger partial charge is 0.191 e. The van der Waals surface area contributed by atoms with Crippen molar-refractivity contribution in [2.24, 2.45) is 7.05 Å². The van der Waals surface area contributed by atoms with Crippen LogP contribution in [0.1, 0.15) is 20.3 Å². The zero-order chi connectivity index (χ0) is 16.2. The molecule has 0 amide bonds. The maximum atomic E-state index is 5.43. The maximum Gasteiger partial charge on any atom is 0.191 e. The van der Waals surface area contributed by atoms with Crippen LogP contribution in [0.2, 0.25) is 0 Å². The molecule has 1 unspecified atom stereocenters. The van der Waals surface area contributed by atoms with Crippen LogP contribution in [0.4, 0.5) is 5.69 Å². The van der Waals surface area contributed by atoms with Gasteiger partial charge in [-0.15, -0.1) is 10.2 Å². The van der Waals surface area contributed by atoms with E-state index < -0.39 is 0 Å². The molecule has 3 rings (SSSR count). The Labute approximate surface area is 142 Å². The molecule has 2 aromatic rings. The third-order valence-corrected chi connectivity index (χ3v) is 5.52. The summed E-state index contributed by atoms with van der Waals surface area (Å²) in [4.78, 5) is 2.34. The van der Waals surface area contributed by atoms with Gasteiger partial charge < -0.3 is 14.2 Å². The standard InChI is InChI=1S/C17H24N4OS/c1-4-21(5-2)14-8-6-13(7-9-14)16-18-19-17(20(16)3)23-15-10-11-22-12-15/h6-9,15H,4-5,10-12H2,1-3H3. The first-order chi connectivity index (χ1) is 11.2. The summed E-state index contributed by atoms with van der Waals surface area (Å²) in [6.07, 6.45) is 1.09. The molecule has 0 saturated carbocycles. The summed E-state index contributed by atoms with van der Waals surface area (Å²) in [5.74, 6) is 0.914. The molecule has 0 bridgehead atoms. The number of aromatic nitrogens is 3. The van der Waals surface area contributed by atoms with Gasteiger partial charge in [0.1, 0.15) is 0 Å². The number of rotatable bonds is 6. The van der Waals surface area contributed by atoms with Crippen LogP contribution in [0, 0.1) is 0 Å². The van der Waals surface area contributed by atoms with E-state index in [2.05, 4.69) is 57.8 Å². The summed E-state index contributed by atoms with van der Waals surface area (Å²) < 4.78 is 7.51. The lowest BCUT2D eigenvalue weighted by molar-refractivity contribution is 0.199. The van der Waals surface area contributed by atoms with Gasteiger partial charge in [-0.05, 0) is 44.5 Å². The highest BCUT2D eigenvalue weighted by Crippen LogP contribution is 2.30. The van der Waals surface area contributed by atoms with Crippen LogP contribution in [-0.2, 0) is 11.8 Å². The van der Waals surface area contributed by atoms with Crippen molar-refractivity contribution in [3.8, 4) is 11.4 Å². The van der Waals surface area contributed by atoms with Gasteiger partial charge in [-0.3, -0.25) is 0 Å². The molecular weight excluding hydrogens is 308 g/mol. The normalized spacial score (nSPS) is 17.6. The van der Waals surface area contributed by atoms with Crippen molar-refractivity contribution in [3.05, 3.63) is 24.3 Å². The van der Waals surface area contributed by atoms with E-state index in [1.54, 1.807) is 11.8 Å². The van der Waals surface area contributed by atoms with Crippen molar-refractivity contribution in [2.45, 2.75) is 30.7 Å². The number of ether oxygens (including phenoxy) is 1. The first-order valence-electron chi connectivity index (χ1n) is 8.22. The topological polar surface area (TPSA) is 43.2 Å². The monoisotopic (exact) mass is 332 g/mol. The Kier molecular flexibility index (Phi) is 5.23. The Balaban J connectivity index is 1.77. The SMILES string of the molecule is CCN(CC)c1ccc(-c2nnc(SC3CCOC3)n2C)cc1. The molecule has 1 aliphatic rings. The second kappa shape index (κ2) is 7.36. The Bertz CT molecular complexity index is 631. The molecule has 0 N–H and O–H groups in total. The molecule has 1 fully saturated rings. The number of nitrogens with zero attached hydrogens (tertiary/aromatic N) is 4. The molecule has 5 nitrogen and oxygen atoms in total. The fourth-order valence-corrected chi connectivity index (χ4v) is 3.84. The van der Waals surface area contributed by atoms with Crippen molar-refractivity contribution in [1.29, 1.82) is 0 Å². The van der Waals surface area contributed by atoms with E-state index in [0.29, 0.717) is 5.25 Å². The minimum absolute atomic E-state index is 0.496. The second-order valence-corrected chi connectivity index (χ2v) is 6.96. The van der Waals surface area contributed by atoms with Gasteiger partial charge >= 0.3 is 0 Å². The molecule has 23 heavy (non-hydrogen) atoms. The molecule has 6 heteroatoms. The van der Waals surface area contributed by atoms with Crippen LogP contribution in [0.5, 0.6) is 0 Å². The predicted molar refractivity (Wildman–Crippen MR) is 95.1 cm³/mol. The summed E-state index contributed by atoms with van der Waals surface area (Å²) in [5, 5.41) is 10.2. The van der Waals surface area contributed by atoms with Gasteiger partial charge in [-0.25, -0.2) is 0 Å². The van der Waals surface area contributed by atoms with Gasteiger partial charge in [0.2, 0.25) is 0 Å². The molecule has 2 heterocycles. The number of hydrogen-bond donors (Lipinski definition) is 0. The molecule has 1 aromatic heterocycles. The average Bonchev–Trinajstić information content (AvgIpc) is 3.21. The Hall–Kier alpha value is -1.53. The van der Waals surface area contributed by atoms with E-state index in [1.165, 1.54) is 5.69 Å². The van der Waals surface area contributed by atoms with Gasteiger partial charge in [-0.1, -0.05) is 11.8 Å². The third kappa shape index (κ3) is 3.53. The number of hydrogen-bond acceptors (Lipinski definition) is 5.